The van der Waals surface area contributed by atoms with Crippen molar-refractivity contribution < 1.29 is 48.0 Å². The number of amides is 2. The molecule has 55 heavy (non-hydrogen) atoms. The lowest BCUT2D eigenvalue weighted by atomic mass is 9.86. The standard InChI is InChI=1S/C43H42N2O10/c1-26(33(30-16-18-35-37(21-30)53-25-52-35)22-32-17-19-36(54-32)40(49)44-31-12-6-5-7-13-31)45(24-27-14-15-28-10-8-9-11-29(28)20-27)41(50)39(48)34(23-38(46)47)42(51)55-43(2,3)4/h5-21,26,33,48H,22-25H2,1-4H3,(H,44,49)(H,46,47). The zero-order valence-corrected chi connectivity index (χ0v) is 30.9. The second-order valence-corrected chi connectivity index (χ2v) is 14.3. The van der Waals surface area contributed by atoms with E-state index in [1.165, 1.54) is 4.90 Å². The van der Waals surface area contributed by atoms with Crippen molar-refractivity contribution in [1.82, 2.24) is 4.90 Å². The maximum Gasteiger partial charge on any atom is 0.339 e. The Hall–Kier alpha value is -6.56. The van der Waals surface area contributed by atoms with E-state index in [1.54, 1.807) is 76.2 Å². The van der Waals surface area contributed by atoms with Gasteiger partial charge in [-0.2, -0.15) is 0 Å². The van der Waals surface area contributed by atoms with Crippen LogP contribution in [0.25, 0.3) is 10.8 Å². The maximum absolute atomic E-state index is 14.6. The molecule has 5 aromatic rings. The number of aliphatic hydroxyl groups excluding tert-OH is 1. The van der Waals surface area contributed by atoms with Crippen molar-refractivity contribution in [3.05, 3.63) is 137 Å². The number of carboxylic acids is 1. The van der Waals surface area contributed by atoms with E-state index in [4.69, 9.17) is 18.6 Å². The number of ether oxygens (including phenoxy) is 3. The van der Waals surface area contributed by atoms with Crippen LogP contribution in [0.5, 0.6) is 11.5 Å². The molecule has 1 aliphatic rings. The first kappa shape index (κ1) is 38.2. The van der Waals surface area contributed by atoms with Gasteiger partial charge >= 0.3 is 11.9 Å². The third kappa shape index (κ3) is 9.33. The Morgan fingerprint density at radius 1 is 0.836 bits per heavy atom. The van der Waals surface area contributed by atoms with E-state index in [2.05, 4.69) is 5.32 Å². The summed E-state index contributed by atoms with van der Waals surface area (Å²) in [6, 6.07) is 30.3. The van der Waals surface area contributed by atoms with Gasteiger partial charge in [-0.25, -0.2) is 4.79 Å². The molecular weight excluding hydrogens is 704 g/mol. The van der Waals surface area contributed by atoms with Crippen LogP contribution < -0.4 is 14.8 Å². The minimum Gasteiger partial charge on any atom is -0.503 e. The summed E-state index contributed by atoms with van der Waals surface area (Å²) in [4.78, 5) is 54.3. The summed E-state index contributed by atoms with van der Waals surface area (Å²) >= 11 is 0. The number of hydrogen-bond acceptors (Lipinski definition) is 9. The topological polar surface area (TPSA) is 165 Å². The Balaban J connectivity index is 1.41. The minimum atomic E-state index is -1.43. The number of carboxylic acid groups (broad SMARTS) is 1. The van der Waals surface area contributed by atoms with E-state index in [0.29, 0.717) is 28.5 Å². The molecule has 1 aromatic heterocycles. The van der Waals surface area contributed by atoms with Crippen molar-refractivity contribution in [3.63, 3.8) is 0 Å². The van der Waals surface area contributed by atoms with Gasteiger partial charge in [-0.1, -0.05) is 60.7 Å². The monoisotopic (exact) mass is 746 g/mol. The molecule has 12 nitrogen and oxygen atoms in total. The lowest BCUT2D eigenvalue weighted by Gasteiger charge is -2.35. The Labute approximate surface area is 317 Å². The number of rotatable bonds is 13. The molecule has 0 saturated heterocycles. The number of nitrogens with one attached hydrogen (secondary N) is 1. The number of furan rings is 1. The number of carbonyl (C=O) groups excluding carboxylic acids is 3. The smallest absolute Gasteiger partial charge is 0.339 e. The Morgan fingerprint density at radius 3 is 2.27 bits per heavy atom. The summed E-state index contributed by atoms with van der Waals surface area (Å²) in [6.07, 6.45) is -0.768. The van der Waals surface area contributed by atoms with Crippen molar-refractivity contribution >= 4 is 40.2 Å². The highest BCUT2D eigenvalue weighted by Gasteiger charge is 2.36. The summed E-state index contributed by atoms with van der Waals surface area (Å²) in [5, 5.41) is 26.0. The number of anilines is 1. The Morgan fingerprint density at radius 2 is 1.55 bits per heavy atom. The molecule has 0 spiro atoms. The van der Waals surface area contributed by atoms with Gasteiger partial charge in [0.25, 0.3) is 11.8 Å². The van der Waals surface area contributed by atoms with E-state index in [0.717, 1.165) is 16.3 Å². The highest BCUT2D eigenvalue weighted by Crippen LogP contribution is 2.38. The van der Waals surface area contributed by atoms with Crippen molar-refractivity contribution in [2.24, 2.45) is 0 Å². The van der Waals surface area contributed by atoms with Crippen LogP contribution in [0, 0.1) is 0 Å². The van der Waals surface area contributed by atoms with Crippen LogP contribution in [0.15, 0.2) is 119 Å². The van der Waals surface area contributed by atoms with Gasteiger partial charge in [0.15, 0.2) is 23.0 Å². The van der Waals surface area contributed by atoms with E-state index in [-0.39, 0.29) is 25.5 Å². The molecule has 6 rings (SSSR count). The summed E-state index contributed by atoms with van der Waals surface area (Å²) in [6.45, 7) is 6.58. The number of fused-ring (bicyclic) bond motifs is 2. The second kappa shape index (κ2) is 16.2. The molecule has 0 fully saturated rings. The largest absolute Gasteiger partial charge is 0.503 e. The summed E-state index contributed by atoms with van der Waals surface area (Å²) in [5.41, 5.74) is 0.323. The summed E-state index contributed by atoms with van der Waals surface area (Å²) in [5.74, 6) is -4.01. The van der Waals surface area contributed by atoms with Crippen LogP contribution in [0.1, 0.15) is 67.5 Å². The molecule has 3 N–H and O–H groups in total. The Bertz CT molecular complexity index is 2250. The van der Waals surface area contributed by atoms with Gasteiger partial charge in [0.05, 0.1) is 12.0 Å². The number of nitrogens with zero attached hydrogens (tertiary/aromatic N) is 1. The predicted molar refractivity (Wildman–Crippen MR) is 204 cm³/mol. The molecule has 0 bridgehead atoms. The zero-order chi connectivity index (χ0) is 39.3. The van der Waals surface area contributed by atoms with Crippen LogP contribution in [0.4, 0.5) is 5.69 Å². The van der Waals surface area contributed by atoms with Gasteiger partial charge in [0, 0.05) is 30.6 Å². The number of hydrogen-bond donors (Lipinski definition) is 3. The van der Waals surface area contributed by atoms with Gasteiger partial charge in [-0.15, -0.1) is 0 Å². The number of esters is 1. The van der Waals surface area contributed by atoms with Crippen LogP contribution in [0.3, 0.4) is 0 Å². The fraction of sp³-hybridized carbons (Fsp3) is 0.256. The molecule has 4 aromatic carbocycles. The number of carbonyl (C=O) groups is 4. The van der Waals surface area contributed by atoms with Gasteiger partial charge in [0.1, 0.15) is 11.4 Å². The molecule has 284 valence electrons. The third-order valence-corrected chi connectivity index (χ3v) is 9.13. The minimum absolute atomic E-state index is 0.0342. The van der Waals surface area contributed by atoms with Gasteiger partial charge in [-0.3, -0.25) is 14.4 Å². The summed E-state index contributed by atoms with van der Waals surface area (Å²) in [7, 11) is 0. The molecule has 2 atom stereocenters. The number of benzene rings is 4. The van der Waals surface area contributed by atoms with E-state index in [1.807, 2.05) is 54.6 Å². The van der Waals surface area contributed by atoms with Crippen molar-refractivity contribution in [2.45, 2.75) is 64.6 Å². The Kier molecular flexibility index (Phi) is 11.3. The lowest BCUT2D eigenvalue weighted by molar-refractivity contribution is -0.152. The lowest BCUT2D eigenvalue weighted by Crippen LogP contribution is -2.43. The molecule has 2 amide bonds. The quantitative estimate of drug-likeness (QED) is 0.0616. The molecule has 12 heteroatoms. The molecular formula is C43H42N2O10. The molecule has 0 aliphatic carbocycles. The van der Waals surface area contributed by atoms with Crippen molar-refractivity contribution in [1.29, 1.82) is 0 Å². The maximum atomic E-state index is 14.6. The van der Waals surface area contributed by atoms with E-state index < -0.39 is 59.1 Å². The van der Waals surface area contributed by atoms with Crippen LogP contribution in [0.2, 0.25) is 0 Å². The second-order valence-electron chi connectivity index (χ2n) is 14.3. The van der Waals surface area contributed by atoms with Crippen molar-refractivity contribution in [3.8, 4) is 11.5 Å². The van der Waals surface area contributed by atoms with Crippen LogP contribution in [-0.2, 0) is 32.1 Å². The van der Waals surface area contributed by atoms with Gasteiger partial charge < -0.3 is 39.1 Å². The SMILES string of the molecule is CC(C(Cc1ccc(C(=O)Nc2ccccc2)o1)c1ccc2c(c1)OCO2)N(Cc1ccc2ccccc2c1)C(=O)C(O)=C(CC(=O)O)C(=O)OC(C)(C)C. The van der Waals surface area contributed by atoms with E-state index >= 15 is 0 Å². The average Bonchev–Trinajstić information content (AvgIpc) is 3.83. The first-order chi connectivity index (χ1) is 26.3. The van der Waals surface area contributed by atoms with E-state index in [9.17, 15) is 29.4 Å². The van der Waals surface area contributed by atoms with Crippen LogP contribution in [-0.4, -0.2) is 57.3 Å². The zero-order valence-electron chi connectivity index (χ0n) is 30.9. The van der Waals surface area contributed by atoms with Crippen LogP contribution >= 0.6 is 0 Å². The van der Waals surface area contributed by atoms with Gasteiger partial charge in [0.2, 0.25) is 6.79 Å². The highest BCUT2D eigenvalue weighted by atomic mass is 16.7. The average molecular weight is 747 g/mol. The molecule has 0 radical (unpaired) electrons. The molecule has 0 saturated carbocycles. The van der Waals surface area contributed by atoms with Crippen molar-refractivity contribution in [2.75, 3.05) is 12.1 Å². The number of para-hydroxylation sites is 1. The predicted octanol–water partition coefficient (Wildman–Crippen LogP) is 7.79. The summed E-state index contributed by atoms with van der Waals surface area (Å²) < 4.78 is 22.7. The third-order valence-electron chi connectivity index (χ3n) is 9.13. The molecule has 1 aliphatic heterocycles. The first-order valence-corrected chi connectivity index (χ1v) is 17.8. The van der Waals surface area contributed by atoms with Gasteiger partial charge in [-0.05, 0) is 92.1 Å². The number of aliphatic carboxylic acids is 1. The number of aliphatic hydroxyl groups is 1. The normalized spacial score (nSPS) is 13.7. The fourth-order valence-corrected chi connectivity index (χ4v) is 6.41. The molecule has 2 heterocycles. The highest BCUT2D eigenvalue weighted by molar-refractivity contribution is 6.04. The fourth-order valence-electron chi connectivity index (χ4n) is 6.41. The first-order valence-electron chi connectivity index (χ1n) is 17.8. The molecule has 2 unspecified atom stereocenters.